The van der Waals surface area contributed by atoms with Crippen LogP contribution in [0.25, 0.3) is 0 Å². The Morgan fingerprint density at radius 2 is 1.83 bits per heavy atom. The van der Waals surface area contributed by atoms with Gasteiger partial charge in [0.15, 0.2) is 5.76 Å². The zero-order valence-electron chi connectivity index (χ0n) is 15.9. The van der Waals surface area contributed by atoms with E-state index in [1.54, 1.807) is 34.1 Å². The summed E-state index contributed by atoms with van der Waals surface area (Å²) in [6, 6.07) is 9.28. The number of carbonyl (C=O) groups is 3. The predicted molar refractivity (Wildman–Crippen MR) is 101 cm³/mol. The summed E-state index contributed by atoms with van der Waals surface area (Å²) < 4.78 is 18.5. The maximum atomic E-state index is 13.4. The van der Waals surface area contributed by atoms with Crippen LogP contribution >= 0.6 is 0 Å². The molecule has 0 radical (unpaired) electrons. The molecule has 0 N–H and O–H groups in total. The molecule has 152 valence electrons. The third kappa shape index (κ3) is 4.01. The molecule has 0 saturated carbocycles. The minimum absolute atomic E-state index is 0.0663. The molecule has 3 amide bonds. The summed E-state index contributed by atoms with van der Waals surface area (Å²) in [5.74, 6) is -1.30. The lowest BCUT2D eigenvalue weighted by Gasteiger charge is -2.42. The zero-order valence-corrected chi connectivity index (χ0v) is 15.9. The van der Waals surface area contributed by atoms with Gasteiger partial charge in [0.05, 0.1) is 6.26 Å². The molecule has 4 rings (SSSR count). The second-order valence-corrected chi connectivity index (χ2v) is 7.36. The number of piperidine rings is 1. The van der Waals surface area contributed by atoms with Gasteiger partial charge in [0, 0.05) is 38.8 Å². The number of hydrogen-bond donors (Lipinski definition) is 0. The highest BCUT2D eigenvalue weighted by Crippen LogP contribution is 2.22. The second kappa shape index (κ2) is 8.06. The SMILES string of the molecule is O=C1C(=O)N(C2CCN(C(=O)c3ccco3)CC2)CCN1Cc1cccc(F)c1. The number of halogens is 1. The monoisotopic (exact) mass is 399 g/mol. The fourth-order valence-corrected chi connectivity index (χ4v) is 3.98. The minimum atomic E-state index is -0.561. The van der Waals surface area contributed by atoms with E-state index in [0.29, 0.717) is 50.3 Å². The standard InChI is InChI=1S/C21H22FN3O4/c22-16-4-1-3-15(13-16)14-24-10-11-25(21(28)20(24)27)17-6-8-23(9-7-17)19(26)18-5-2-12-29-18/h1-5,12-13,17H,6-11,14H2. The van der Waals surface area contributed by atoms with E-state index in [0.717, 1.165) is 0 Å². The first kappa shape index (κ1) is 19.2. The molecular weight excluding hydrogens is 377 g/mol. The number of amides is 3. The fourth-order valence-electron chi connectivity index (χ4n) is 3.98. The number of carbonyl (C=O) groups excluding carboxylic acids is 3. The normalized spacial score (nSPS) is 18.4. The summed E-state index contributed by atoms with van der Waals surface area (Å²) in [6.45, 7) is 2.08. The Morgan fingerprint density at radius 3 is 2.52 bits per heavy atom. The quantitative estimate of drug-likeness (QED) is 0.736. The maximum Gasteiger partial charge on any atom is 0.312 e. The van der Waals surface area contributed by atoms with Crippen molar-refractivity contribution in [2.75, 3.05) is 26.2 Å². The van der Waals surface area contributed by atoms with Crippen molar-refractivity contribution in [2.45, 2.75) is 25.4 Å². The van der Waals surface area contributed by atoms with Gasteiger partial charge in [0.25, 0.3) is 5.91 Å². The van der Waals surface area contributed by atoms with E-state index in [1.807, 2.05) is 0 Å². The van der Waals surface area contributed by atoms with Gasteiger partial charge in [-0.25, -0.2) is 4.39 Å². The second-order valence-electron chi connectivity index (χ2n) is 7.36. The molecule has 0 aliphatic carbocycles. The van der Waals surface area contributed by atoms with Gasteiger partial charge in [-0.1, -0.05) is 12.1 Å². The fraction of sp³-hybridized carbons (Fsp3) is 0.381. The lowest BCUT2D eigenvalue weighted by molar-refractivity contribution is -0.158. The Hall–Kier alpha value is -3.16. The van der Waals surface area contributed by atoms with Gasteiger partial charge >= 0.3 is 11.8 Å². The van der Waals surface area contributed by atoms with E-state index in [4.69, 9.17) is 4.42 Å². The summed E-state index contributed by atoms with van der Waals surface area (Å²) in [6.07, 6.45) is 2.71. The highest BCUT2D eigenvalue weighted by Gasteiger charge is 2.38. The molecule has 1 aromatic carbocycles. The van der Waals surface area contributed by atoms with Crippen LogP contribution in [0.2, 0.25) is 0 Å². The highest BCUT2D eigenvalue weighted by molar-refractivity contribution is 6.35. The van der Waals surface area contributed by atoms with Crippen LogP contribution in [0.5, 0.6) is 0 Å². The van der Waals surface area contributed by atoms with Crippen LogP contribution in [0, 0.1) is 5.82 Å². The number of piperazine rings is 1. The molecule has 1 aromatic heterocycles. The van der Waals surface area contributed by atoms with Gasteiger partial charge in [-0.3, -0.25) is 14.4 Å². The third-order valence-corrected chi connectivity index (χ3v) is 5.53. The van der Waals surface area contributed by atoms with E-state index < -0.39 is 11.8 Å². The first-order valence-corrected chi connectivity index (χ1v) is 9.70. The lowest BCUT2D eigenvalue weighted by atomic mass is 10.0. The maximum absolute atomic E-state index is 13.4. The summed E-state index contributed by atoms with van der Waals surface area (Å²) in [4.78, 5) is 42.4. The largest absolute Gasteiger partial charge is 0.459 e. The smallest absolute Gasteiger partial charge is 0.312 e. The van der Waals surface area contributed by atoms with Gasteiger partial charge in [-0.15, -0.1) is 0 Å². The molecule has 0 bridgehead atoms. The van der Waals surface area contributed by atoms with E-state index in [-0.39, 0.29) is 24.3 Å². The Kier molecular flexibility index (Phi) is 5.33. The number of benzene rings is 1. The van der Waals surface area contributed by atoms with Crippen molar-refractivity contribution in [3.05, 3.63) is 59.8 Å². The molecule has 2 aromatic rings. The number of likely N-dealkylation sites (tertiary alicyclic amines) is 1. The zero-order chi connectivity index (χ0) is 20.4. The van der Waals surface area contributed by atoms with Gasteiger partial charge in [0.2, 0.25) is 0 Å². The van der Waals surface area contributed by atoms with Gasteiger partial charge < -0.3 is 19.1 Å². The van der Waals surface area contributed by atoms with E-state index in [2.05, 4.69) is 0 Å². The van der Waals surface area contributed by atoms with Crippen molar-refractivity contribution in [1.82, 2.24) is 14.7 Å². The molecule has 2 aliphatic rings. The molecule has 2 aliphatic heterocycles. The van der Waals surface area contributed by atoms with Crippen LogP contribution in [0.3, 0.4) is 0 Å². The Labute approximate surface area is 167 Å². The van der Waals surface area contributed by atoms with Crippen LogP contribution in [0.15, 0.2) is 47.1 Å². The number of hydrogen-bond acceptors (Lipinski definition) is 4. The molecule has 7 nitrogen and oxygen atoms in total. The van der Waals surface area contributed by atoms with Crippen molar-refractivity contribution in [1.29, 1.82) is 0 Å². The van der Waals surface area contributed by atoms with Crippen molar-refractivity contribution in [3.8, 4) is 0 Å². The van der Waals surface area contributed by atoms with E-state index in [9.17, 15) is 18.8 Å². The number of nitrogens with zero attached hydrogens (tertiary/aromatic N) is 3. The van der Waals surface area contributed by atoms with Crippen LogP contribution in [-0.2, 0) is 16.1 Å². The van der Waals surface area contributed by atoms with Crippen molar-refractivity contribution in [3.63, 3.8) is 0 Å². The lowest BCUT2D eigenvalue weighted by Crippen LogP contribution is -2.59. The van der Waals surface area contributed by atoms with Gasteiger partial charge in [-0.2, -0.15) is 0 Å². The topological polar surface area (TPSA) is 74.1 Å². The van der Waals surface area contributed by atoms with Crippen molar-refractivity contribution < 1.29 is 23.2 Å². The van der Waals surface area contributed by atoms with Crippen LogP contribution in [0.1, 0.15) is 29.0 Å². The minimum Gasteiger partial charge on any atom is -0.459 e. The van der Waals surface area contributed by atoms with Crippen LogP contribution < -0.4 is 0 Å². The Morgan fingerprint density at radius 1 is 1.03 bits per heavy atom. The van der Waals surface area contributed by atoms with E-state index in [1.165, 1.54) is 23.3 Å². The number of rotatable bonds is 4. The first-order valence-electron chi connectivity index (χ1n) is 9.70. The van der Waals surface area contributed by atoms with Crippen LogP contribution in [-0.4, -0.2) is 64.6 Å². The molecule has 0 spiro atoms. The summed E-state index contributed by atoms with van der Waals surface area (Å²) >= 11 is 0. The predicted octanol–water partition coefficient (Wildman–Crippen LogP) is 1.89. The van der Waals surface area contributed by atoms with Crippen LogP contribution in [0.4, 0.5) is 4.39 Å². The molecule has 0 atom stereocenters. The molecule has 3 heterocycles. The molecule has 29 heavy (non-hydrogen) atoms. The molecule has 8 heteroatoms. The van der Waals surface area contributed by atoms with Gasteiger partial charge in [0.1, 0.15) is 5.82 Å². The molecule has 2 saturated heterocycles. The average molecular weight is 399 g/mol. The molecule has 2 fully saturated rings. The van der Waals surface area contributed by atoms with E-state index >= 15 is 0 Å². The molecular formula is C21H22FN3O4. The number of furan rings is 1. The Balaban J connectivity index is 1.33. The van der Waals surface area contributed by atoms with Crippen molar-refractivity contribution in [2.24, 2.45) is 0 Å². The average Bonchev–Trinajstić information content (AvgIpc) is 3.26. The third-order valence-electron chi connectivity index (χ3n) is 5.53. The van der Waals surface area contributed by atoms with Crippen molar-refractivity contribution >= 4 is 17.7 Å². The summed E-state index contributed by atoms with van der Waals surface area (Å²) in [7, 11) is 0. The highest BCUT2D eigenvalue weighted by atomic mass is 19.1. The molecule has 0 unspecified atom stereocenters. The summed E-state index contributed by atoms with van der Waals surface area (Å²) in [5, 5.41) is 0. The summed E-state index contributed by atoms with van der Waals surface area (Å²) in [5.41, 5.74) is 0.657. The van der Waals surface area contributed by atoms with Gasteiger partial charge in [-0.05, 0) is 42.7 Å². The Bertz CT molecular complexity index is 906. The first-order chi connectivity index (χ1) is 14.0.